The number of anilines is 1. The van der Waals surface area contributed by atoms with E-state index in [4.69, 9.17) is 4.74 Å². The Kier molecular flexibility index (Phi) is 6.45. The molecular weight excluding hydrogens is 410 g/mol. The highest BCUT2D eigenvalue weighted by molar-refractivity contribution is 9.10. The largest absolute Gasteiger partial charge is 0.445 e. The van der Waals surface area contributed by atoms with Crippen molar-refractivity contribution in [3.63, 3.8) is 0 Å². The molecule has 0 atom stereocenters. The zero-order chi connectivity index (χ0) is 19.2. The van der Waals surface area contributed by atoms with Crippen LogP contribution in [0.15, 0.2) is 47.1 Å². The molecule has 0 aliphatic carbocycles. The standard InChI is InChI=1S/C20H22BrN3O3/c1-14-11-17(21)18(22-12-14)23-19(25)16-7-9-24(10-8-16)20(26)27-13-15-5-3-2-4-6-15/h2-6,11-12,16H,7-10,13H2,1H3,(H,22,23,25). The van der Waals surface area contributed by atoms with Crippen LogP contribution >= 0.6 is 15.9 Å². The molecule has 1 saturated heterocycles. The van der Waals surface area contributed by atoms with Gasteiger partial charge in [-0.05, 0) is 52.9 Å². The number of nitrogens with zero attached hydrogens (tertiary/aromatic N) is 2. The summed E-state index contributed by atoms with van der Waals surface area (Å²) in [5, 5.41) is 2.87. The van der Waals surface area contributed by atoms with E-state index >= 15 is 0 Å². The number of carbonyl (C=O) groups excluding carboxylic acids is 2. The number of benzene rings is 1. The SMILES string of the molecule is Cc1cnc(NC(=O)C2CCN(C(=O)OCc3ccccc3)CC2)c(Br)c1. The summed E-state index contributed by atoms with van der Waals surface area (Å²) in [7, 11) is 0. The minimum Gasteiger partial charge on any atom is -0.445 e. The third kappa shape index (κ3) is 5.29. The minimum absolute atomic E-state index is 0.0654. The lowest BCUT2D eigenvalue weighted by molar-refractivity contribution is -0.121. The summed E-state index contributed by atoms with van der Waals surface area (Å²) in [6, 6.07) is 11.5. The highest BCUT2D eigenvalue weighted by Crippen LogP contribution is 2.24. The summed E-state index contributed by atoms with van der Waals surface area (Å²) < 4.78 is 6.12. The van der Waals surface area contributed by atoms with E-state index < -0.39 is 0 Å². The van der Waals surface area contributed by atoms with Crippen LogP contribution in [0.25, 0.3) is 0 Å². The topological polar surface area (TPSA) is 71.5 Å². The van der Waals surface area contributed by atoms with Crippen molar-refractivity contribution in [2.75, 3.05) is 18.4 Å². The van der Waals surface area contributed by atoms with Crippen molar-refractivity contribution in [1.29, 1.82) is 0 Å². The molecular formula is C20H22BrN3O3. The van der Waals surface area contributed by atoms with Gasteiger partial charge in [0.25, 0.3) is 0 Å². The molecule has 1 N–H and O–H groups in total. The summed E-state index contributed by atoms with van der Waals surface area (Å²) in [6.07, 6.45) is 2.60. The van der Waals surface area contributed by atoms with E-state index in [-0.39, 0.29) is 24.5 Å². The van der Waals surface area contributed by atoms with Gasteiger partial charge in [-0.3, -0.25) is 4.79 Å². The number of ether oxygens (including phenoxy) is 1. The molecule has 1 fully saturated rings. The van der Waals surface area contributed by atoms with Crippen LogP contribution in [-0.4, -0.2) is 35.0 Å². The number of carbonyl (C=O) groups is 2. The molecule has 7 heteroatoms. The Morgan fingerprint density at radius 2 is 1.96 bits per heavy atom. The van der Waals surface area contributed by atoms with Crippen LogP contribution in [0.4, 0.5) is 10.6 Å². The Balaban J connectivity index is 1.46. The van der Waals surface area contributed by atoms with Gasteiger partial charge in [0, 0.05) is 25.2 Å². The van der Waals surface area contributed by atoms with Crippen molar-refractivity contribution < 1.29 is 14.3 Å². The van der Waals surface area contributed by atoms with Crippen LogP contribution in [0.2, 0.25) is 0 Å². The Morgan fingerprint density at radius 1 is 1.26 bits per heavy atom. The van der Waals surface area contributed by atoms with Gasteiger partial charge in [0.05, 0.1) is 4.47 Å². The fourth-order valence-corrected chi connectivity index (χ4v) is 3.54. The Labute approximate surface area is 167 Å². The molecule has 1 aromatic carbocycles. The lowest BCUT2D eigenvalue weighted by Crippen LogP contribution is -2.41. The van der Waals surface area contributed by atoms with Crippen LogP contribution in [-0.2, 0) is 16.1 Å². The highest BCUT2D eigenvalue weighted by atomic mass is 79.9. The van der Waals surface area contributed by atoms with E-state index in [2.05, 4.69) is 26.2 Å². The first-order valence-electron chi connectivity index (χ1n) is 8.91. The van der Waals surface area contributed by atoms with Crippen LogP contribution in [0.1, 0.15) is 24.0 Å². The summed E-state index contributed by atoms with van der Waals surface area (Å²) in [5.41, 5.74) is 1.97. The second-order valence-electron chi connectivity index (χ2n) is 6.63. The van der Waals surface area contributed by atoms with Crippen LogP contribution < -0.4 is 5.32 Å². The molecule has 0 unspecified atom stereocenters. The molecule has 2 heterocycles. The summed E-state index contributed by atoms with van der Waals surface area (Å²) in [6.45, 7) is 3.21. The third-order valence-corrected chi connectivity index (χ3v) is 5.15. The van der Waals surface area contributed by atoms with Crippen molar-refractivity contribution >= 4 is 33.7 Å². The average molecular weight is 432 g/mol. The zero-order valence-electron chi connectivity index (χ0n) is 15.2. The summed E-state index contributed by atoms with van der Waals surface area (Å²) >= 11 is 3.42. The molecule has 0 radical (unpaired) electrons. The van der Waals surface area contributed by atoms with Crippen LogP contribution in [0.5, 0.6) is 0 Å². The fraction of sp³-hybridized carbons (Fsp3) is 0.350. The number of aromatic nitrogens is 1. The maximum atomic E-state index is 12.5. The molecule has 142 valence electrons. The normalized spacial score (nSPS) is 14.7. The van der Waals surface area contributed by atoms with Gasteiger partial charge in [-0.2, -0.15) is 0 Å². The van der Waals surface area contributed by atoms with E-state index in [1.54, 1.807) is 11.1 Å². The number of aryl methyl sites for hydroxylation is 1. The molecule has 0 spiro atoms. The van der Waals surface area contributed by atoms with Crippen molar-refractivity contribution in [3.8, 4) is 0 Å². The molecule has 1 aliphatic heterocycles. The highest BCUT2D eigenvalue weighted by Gasteiger charge is 2.28. The number of piperidine rings is 1. The van der Waals surface area contributed by atoms with E-state index in [0.717, 1.165) is 15.6 Å². The molecule has 1 aliphatic rings. The number of halogens is 1. The molecule has 0 bridgehead atoms. The third-order valence-electron chi connectivity index (χ3n) is 4.55. The smallest absolute Gasteiger partial charge is 0.410 e. The predicted molar refractivity (Wildman–Crippen MR) is 106 cm³/mol. The lowest BCUT2D eigenvalue weighted by atomic mass is 9.96. The van der Waals surface area contributed by atoms with Gasteiger partial charge < -0.3 is 15.0 Å². The molecule has 6 nitrogen and oxygen atoms in total. The summed E-state index contributed by atoms with van der Waals surface area (Å²) in [5.74, 6) is 0.317. The molecule has 0 saturated carbocycles. The number of amides is 2. The number of hydrogen-bond donors (Lipinski definition) is 1. The van der Waals surface area contributed by atoms with Gasteiger partial charge in [0.15, 0.2) is 0 Å². The van der Waals surface area contributed by atoms with Crippen LogP contribution in [0, 0.1) is 12.8 Å². The lowest BCUT2D eigenvalue weighted by Gasteiger charge is -2.30. The van der Waals surface area contributed by atoms with Gasteiger partial charge in [-0.25, -0.2) is 9.78 Å². The monoisotopic (exact) mass is 431 g/mol. The Hall–Kier alpha value is -2.41. The van der Waals surface area contributed by atoms with Gasteiger partial charge in [0.2, 0.25) is 5.91 Å². The van der Waals surface area contributed by atoms with Crippen molar-refractivity contribution in [1.82, 2.24) is 9.88 Å². The number of nitrogens with one attached hydrogen (secondary N) is 1. The maximum absolute atomic E-state index is 12.5. The van der Waals surface area contributed by atoms with Crippen molar-refractivity contribution in [2.45, 2.75) is 26.4 Å². The zero-order valence-corrected chi connectivity index (χ0v) is 16.7. The van der Waals surface area contributed by atoms with E-state index in [1.807, 2.05) is 43.3 Å². The Morgan fingerprint density at radius 3 is 2.63 bits per heavy atom. The fourth-order valence-electron chi connectivity index (χ4n) is 2.98. The van der Waals surface area contributed by atoms with Gasteiger partial charge in [-0.1, -0.05) is 30.3 Å². The van der Waals surface area contributed by atoms with E-state index in [0.29, 0.717) is 31.7 Å². The first kappa shape index (κ1) is 19.4. The summed E-state index contributed by atoms with van der Waals surface area (Å²) in [4.78, 5) is 30.6. The van der Waals surface area contributed by atoms with Crippen molar-refractivity contribution in [2.24, 2.45) is 5.92 Å². The second-order valence-corrected chi connectivity index (χ2v) is 7.49. The Bertz CT molecular complexity index is 805. The van der Waals surface area contributed by atoms with Gasteiger partial charge >= 0.3 is 6.09 Å². The van der Waals surface area contributed by atoms with Crippen molar-refractivity contribution in [3.05, 3.63) is 58.2 Å². The molecule has 3 rings (SSSR count). The molecule has 27 heavy (non-hydrogen) atoms. The molecule has 2 amide bonds. The second kappa shape index (κ2) is 8.99. The number of pyridine rings is 1. The quantitative estimate of drug-likeness (QED) is 0.789. The number of hydrogen-bond acceptors (Lipinski definition) is 4. The number of likely N-dealkylation sites (tertiary alicyclic amines) is 1. The number of rotatable bonds is 4. The minimum atomic E-state index is -0.333. The van der Waals surface area contributed by atoms with Gasteiger partial charge in [0.1, 0.15) is 12.4 Å². The average Bonchev–Trinajstić information content (AvgIpc) is 2.69. The first-order valence-corrected chi connectivity index (χ1v) is 9.71. The predicted octanol–water partition coefficient (Wildman–Crippen LogP) is 4.14. The molecule has 1 aromatic heterocycles. The first-order chi connectivity index (χ1) is 13.0. The van der Waals surface area contributed by atoms with E-state index in [9.17, 15) is 9.59 Å². The molecule has 2 aromatic rings. The van der Waals surface area contributed by atoms with E-state index in [1.165, 1.54) is 0 Å². The van der Waals surface area contributed by atoms with Gasteiger partial charge in [-0.15, -0.1) is 0 Å². The maximum Gasteiger partial charge on any atom is 0.410 e. The van der Waals surface area contributed by atoms with Crippen LogP contribution in [0.3, 0.4) is 0 Å².